The number of benzene rings is 2. The second-order valence-corrected chi connectivity index (χ2v) is 8.70. The molecule has 7 nitrogen and oxygen atoms in total. The fraction of sp³-hybridized carbons (Fsp3) is 0.150. The zero-order valence-corrected chi connectivity index (χ0v) is 17.5. The minimum Gasteiger partial charge on any atom is -0.374 e. The molecule has 0 saturated carbocycles. The van der Waals surface area contributed by atoms with Crippen LogP contribution in [0.1, 0.15) is 18.4 Å². The third-order valence-corrected chi connectivity index (χ3v) is 6.22. The van der Waals surface area contributed by atoms with Gasteiger partial charge in [0.2, 0.25) is 11.0 Å². The van der Waals surface area contributed by atoms with Crippen LogP contribution in [0.3, 0.4) is 0 Å². The Bertz CT molecular complexity index is 1140. The molecule has 1 aromatic heterocycles. The lowest BCUT2D eigenvalue weighted by Crippen LogP contribution is -2.38. The number of halogens is 1. The number of rotatable bonds is 4. The van der Waals surface area contributed by atoms with Crippen LogP contribution in [0, 0.1) is 5.82 Å². The first kappa shape index (κ1) is 20.2. The van der Waals surface area contributed by atoms with E-state index in [4.69, 9.17) is 15.7 Å². The van der Waals surface area contributed by atoms with E-state index in [1.807, 2.05) is 31.2 Å². The molecule has 2 heterocycles. The van der Waals surface area contributed by atoms with E-state index < -0.39 is 5.92 Å². The fourth-order valence-corrected chi connectivity index (χ4v) is 4.48. The van der Waals surface area contributed by atoms with E-state index in [1.165, 1.54) is 35.2 Å². The van der Waals surface area contributed by atoms with E-state index in [2.05, 4.69) is 15.5 Å². The monoisotopic (exact) mass is 440 g/mol. The summed E-state index contributed by atoms with van der Waals surface area (Å²) in [5.74, 6) is -0.423. The number of fused-ring (bicyclic) bond motifs is 1. The Morgan fingerprint density at radius 3 is 2.50 bits per heavy atom. The van der Waals surface area contributed by atoms with Gasteiger partial charge in [-0.05, 0) is 36.8 Å². The SMILES string of the molecule is CC1=Nc2ccccc2N=C(NC(=O)CSc2nnc(N)s2)[C@@H]1c1ccc(F)cc1. The number of aromatic nitrogens is 2. The zero-order chi connectivity index (χ0) is 21.1. The van der Waals surface area contributed by atoms with Gasteiger partial charge in [0.1, 0.15) is 11.7 Å². The molecule has 3 N–H and O–H groups in total. The summed E-state index contributed by atoms with van der Waals surface area (Å²) in [6, 6.07) is 13.6. The van der Waals surface area contributed by atoms with Crippen molar-refractivity contribution in [2.45, 2.75) is 17.2 Å². The standard InChI is InChI=1S/C20H17FN6OS2/c1-11-17(12-6-8-13(21)9-7-12)18(24-15-5-3-2-4-14(15)23-11)25-16(28)10-29-20-27-26-19(22)30-20/h2-9,17H,10H2,1H3,(H2,22,26)(H,24,25,28)/t17-/m0/s1. The maximum Gasteiger partial charge on any atom is 0.235 e. The van der Waals surface area contributed by atoms with Gasteiger partial charge in [0.05, 0.1) is 23.0 Å². The molecule has 0 unspecified atom stereocenters. The van der Waals surface area contributed by atoms with Crippen molar-refractivity contribution >= 4 is 57.1 Å². The second kappa shape index (κ2) is 8.72. The molecule has 30 heavy (non-hydrogen) atoms. The fourth-order valence-electron chi connectivity index (χ4n) is 3.04. The van der Waals surface area contributed by atoms with Crippen LogP contribution in [0.4, 0.5) is 20.9 Å². The molecule has 0 bridgehead atoms. The van der Waals surface area contributed by atoms with Gasteiger partial charge >= 0.3 is 0 Å². The number of nitrogen functional groups attached to an aromatic ring is 1. The van der Waals surface area contributed by atoms with Gasteiger partial charge in [-0.15, -0.1) is 10.2 Å². The smallest absolute Gasteiger partial charge is 0.235 e. The molecule has 10 heteroatoms. The highest BCUT2D eigenvalue weighted by Gasteiger charge is 2.26. The summed E-state index contributed by atoms with van der Waals surface area (Å²) in [5, 5.41) is 10.9. The molecular formula is C20H17FN6OS2. The molecule has 4 rings (SSSR count). The van der Waals surface area contributed by atoms with Crippen molar-refractivity contribution in [3.8, 4) is 0 Å². The van der Waals surface area contributed by atoms with Crippen LogP contribution in [0.5, 0.6) is 0 Å². The van der Waals surface area contributed by atoms with Crippen LogP contribution < -0.4 is 11.1 Å². The van der Waals surface area contributed by atoms with E-state index in [1.54, 1.807) is 12.1 Å². The number of nitrogens with one attached hydrogen (secondary N) is 1. The average molecular weight is 441 g/mol. The van der Waals surface area contributed by atoms with Gasteiger partial charge in [0, 0.05) is 5.71 Å². The van der Waals surface area contributed by atoms with Crippen LogP contribution in [0.2, 0.25) is 0 Å². The lowest BCUT2D eigenvalue weighted by molar-refractivity contribution is -0.117. The van der Waals surface area contributed by atoms with E-state index in [0.29, 0.717) is 26.7 Å². The van der Waals surface area contributed by atoms with Crippen molar-refractivity contribution in [1.82, 2.24) is 15.5 Å². The molecule has 0 aliphatic carbocycles. The quantitative estimate of drug-likeness (QED) is 0.595. The zero-order valence-electron chi connectivity index (χ0n) is 15.9. The summed E-state index contributed by atoms with van der Waals surface area (Å²) in [7, 11) is 0. The summed E-state index contributed by atoms with van der Waals surface area (Å²) >= 11 is 2.47. The van der Waals surface area contributed by atoms with Gasteiger partial charge in [-0.1, -0.05) is 47.4 Å². The molecule has 152 valence electrons. The first-order chi connectivity index (χ1) is 14.5. The molecule has 0 radical (unpaired) electrons. The van der Waals surface area contributed by atoms with Crippen LogP contribution in [-0.4, -0.2) is 33.4 Å². The normalized spacial score (nSPS) is 15.6. The lowest BCUT2D eigenvalue weighted by Gasteiger charge is -2.19. The predicted molar refractivity (Wildman–Crippen MR) is 119 cm³/mol. The Balaban J connectivity index is 1.63. The number of aliphatic imine (C=N–C) groups is 2. The average Bonchev–Trinajstić information content (AvgIpc) is 3.08. The van der Waals surface area contributed by atoms with E-state index in [0.717, 1.165) is 11.3 Å². The number of amidine groups is 1. The number of nitrogens with zero attached hydrogens (tertiary/aromatic N) is 4. The molecule has 1 atom stereocenters. The summed E-state index contributed by atoms with van der Waals surface area (Å²) in [6.07, 6.45) is 0. The van der Waals surface area contributed by atoms with Crippen molar-refractivity contribution < 1.29 is 9.18 Å². The summed E-state index contributed by atoms with van der Waals surface area (Å²) in [6.45, 7) is 1.87. The van der Waals surface area contributed by atoms with Crippen molar-refractivity contribution in [2.75, 3.05) is 11.5 Å². The number of carbonyl (C=O) groups is 1. The molecule has 2 aromatic carbocycles. The number of thioether (sulfide) groups is 1. The molecular weight excluding hydrogens is 423 g/mol. The van der Waals surface area contributed by atoms with Gasteiger partial charge in [-0.2, -0.15) is 0 Å². The van der Waals surface area contributed by atoms with Crippen molar-refractivity contribution in [3.05, 3.63) is 59.9 Å². The Morgan fingerprint density at radius 2 is 1.83 bits per heavy atom. The van der Waals surface area contributed by atoms with Crippen LogP contribution >= 0.6 is 23.1 Å². The number of hydrogen-bond donors (Lipinski definition) is 2. The van der Waals surface area contributed by atoms with E-state index in [-0.39, 0.29) is 17.5 Å². The minimum absolute atomic E-state index is 0.127. The Hall–Kier alpha value is -3.11. The third-order valence-electron chi connectivity index (χ3n) is 4.33. The highest BCUT2D eigenvalue weighted by atomic mass is 32.2. The first-order valence-corrected chi connectivity index (χ1v) is 10.8. The number of hydrogen-bond acceptors (Lipinski definition) is 8. The van der Waals surface area contributed by atoms with E-state index in [9.17, 15) is 9.18 Å². The molecule has 3 aromatic rings. The molecule has 1 aliphatic rings. The number of anilines is 1. The van der Waals surface area contributed by atoms with Crippen LogP contribution in [0.15, 0.2) is 62.9 Å². The Labute approximate surface area is 180 Å². The maximum atomic E-state index is 13.5. The first-order valence-electron chi connectivity index (χ1n) is 8.99. The minimum atomic E-state index is -0.413. The Kier molecular flexibility index (Phi) is 5.86. The van der Waals surface area contributed by atoms with Gasteiger partial charge in [-0.3, -0.25) is 9.79 Å². The number of carbonyl (C=O) groups excluding carboxylic acids is 1. The van der Waals surface area contributed by atoms with Crippen molar-refractivity contribution in [3.63, 3.8) is 0 Å². The summed E-state index contributed by atoms with van der Waals surface area (Å²) in [4.78, 5) is 22.1. The second-order valence-electron chi connectivity index (χ2n) is 6.47. The number of amides is 1. The van der Waals surface area contributed by atoms with Gasteiger partial charge in [0.25, 0.3) is 0 Å². The van der Waals surface area contributed by atoms with E-state index >= 15 is 0 Å². The summed E-state index contributed by atoms with van der Waals surface area (Å²) in [5.41, 5.74) is 8.48. The van der Waals surface area contributed by atoms with Crippen LogP contribution in [-0.2, 0) is 4.79 Å². The molecule has 0 spiro atoms. The highest BCUT2D eigenvalue weighted by Crippen LogP contribution is 2.34. The Morgan fingerprint density at radius 1 is 1.13 bits per heavy atom. The predicted octanol–water partition coefficient (Wildman–Crippen LogP) is 4.09. The highest BCUT2D eigenvalue weighted by molar-refractivity contribution is 8.01. The van der Waals surface area contributed by atoms with Gasteiger partial charge < -0.3 is 11.1 Å². The molecule has 1 aliphatic heterocycles. The topological polar surface area (TPSA) is 106 Å². The van der Waals surface area contributed by atoms with Crippen molar-refractivity contribution in [2.24, 2.45) is 9.98 Å². The van der Waals surface area contributed by atoms with Crippen molar-refractivity contribution in [1.29, 1.82) is 0 Å². The molecule has 0 saturated heterocycles. The van der Waals surface area contributed by atoms with Crippen LogP contribution in [0.25, 0.3) is 0 Å². The summed E-state index contributed by atoms with van der Waals surface area (Å²) < 4.78 is 14.1. The largest absolute Gasteiger partial charge is 0.374 e. The van der Waals surface area contributed by atoms with Gasteiger partial charge in [0.15, 0.2) is 4.34 Å². The van der Waals surface area contributed by atoms with Gasteiger partial charge in [-0.25, -0.2) is 9.38 Å². The lowest BCUT2D eigenvalue weighted by atomic mass is 9.93. The molecule has 0 fully saturated rings. The third kappa shape index (κ3) is 4.55. The number of para-hydroxylation sites is 2. The maximum absolute atomic E-state index is 13.5. The number of nitrogens with two attached hydrogens (primary N) is 1. The molecule has 1 amide bonds.